The monoisotopic (exact) mass is 278 g/mol. The fourth-order valence-corrected chi connectivity index (χ4v) is 2.28. The van der Waals surface area contributed by atoms with Crippen LogP contribution in [0.15, 0.2) is 24.3 Å². The van der Waals surface area contributed by atoms with Gasteiger partial charge in [-0.1, -0.05) is 30.4 Å². The quantitative estimate of drug-likeness (QED) is 0.845. The van der Waals surface area contributed by atoms with E-state index in [-0.39, 0.29) is 11.8 Å². The summed E-state index contributed by atoms with van der Waals surface area (Å²) >= 11 is 4.82. The first-order valence-electron chi connectivity index (χ1n) is 6.32. The molecule has 1 amide bonds. The molecule has 2 N–H and O–H groups in total. The Kier molecular flexibility index (Phi) is 4.37. The number of carbonyl (C=O) groups excluding carboxylic acids is 1. The smallest absolute Gasteiger partial charge is 0.229 e. The lowest BCUT2D eigenvalue weighted by molar-refractivity contribution is -0.135. The summed E-state index contributed by atoms with van der Waals surface area (Å²) in [5.74, 6) is 0.856. The van der Waals surface area contributed by atoms with Gasteiger partial charge in [0.25, 0.3) is 0 Å². The van der Waals surface area contributed by atoms with Gasteiger partial charge >= 0.3 is 0 Å². The van der Waals surface area contributed by atoms with Crippen LogP contribution < -0.4 is 10.5 Å². The van der Waals surface area contributed by atoms with Crippen molar-refractivity contribution in [2.24, 2.45) is 11.7 Å². The lowest BCUT2D eigenvalue weighted by atomic mass is 9.95. The zero-order chi connectivity index (χ0) is 13.8. The zero-order valence-electron chi connectivity index (χ0n) is 11.0. The molecule has 2 rings (SSSR count). The number of hydrogen-bond acceptors (Lipinski definition) is 3. The van der Waals surface area contributed by atoms with Crippen molar-refractivity contribution in [2.45, 2.75) is 12.8 Å². The number of nitrogens with two attached hydrogens (primary N) is 1. The minimum Gasteiger partial charge on any atom is -0.492 e. The fourth-order valence-electron chi connectivity index (χ4n) is 2.19. The van der Waals surface area contributed by atoms with Crippen molar-refractivity contribution in [1.82, 2.24) is 4.90 Å². The van der Waals surface area contributed by atoms with Crippen LogP contribution in [0, 0.1) is 5.92 Å². The van der Waals surface area contributed by atoms with Gasteiger partial charge in [0.1, 0.15) is 12.4 Å². The Bertz CT molecular complexity index is 490. The summed E-state index contributed by atoms with van der Waals surface area (Å²) in [6.45, 7) is 1.000. The van der Waals surface area contributed by atoms with Gasteiger partial charge in [-0.25, -0.2) is 0 Å². The molecule has 1 aromatic carbocycles. The van der Waals surface area contributed by atoms with Crippen LogP contribution in [0.25, 0.3) is 0 Å². The molecular weight excluding hydrogens is 260 g/mol. The average Bonchev–Trinajstić information content (AvgIpc) is 2.43. The number of ether oxygens (including phenoxy) is 1. The highest BCUT2D eigenvalue weighted by Gasteiger charge is 2.27. The van der Waals surface area contributed by atoms with Gasteiger partial charge in [0.2, 0.25) is 5.91 Å². The number of para-hydroxylation sites is 1. The number of fused-ring (bicyclic) bond motifs is 1. The Balaban J connectivity index is 1.96. The number of carbonyl (C=O) groups is 1. The van der Waals surface area contributed by atoms with Crippen LogP contribution in [0.3, 0.4) is 0 Å². The molecule has 1 aliphatic rings. The Labute approximate surface area is 118 Å². The predicted molar refractivity (Wildman–Crippen MR) is 78.2 cm³/mol. The number of thiocarbonyl (C=S) groups is 1. The second kappa shape index (κ2) is 6.02. The second-order valence-corrected chi connectivity index (χ2v) is 5.32. The number of benzene rings is 1. The molecule has 0 aliphatic carbocycles. The van der Waals surface area contributed by atoms with Gasteiger partial charge in [-0.05, 0) is 18.1 Å². The maximum atomic E-state index is 12.3. The molecule has 1 aliphatic heterocycles. The minimum atomic E-state index is -0.119. The van der Waals surface area contributed by atoms with E-state index < -0.39 is 0 Å². The first kappa shape index (κ1) is 13.8. The number of rotatable bonds is 4. The Morgan fingerprint density at radius 1 is 1.53 bits per heavy atom. The van der Waals surface area contributed by atoms with Gasteiger partial charge in [-0.2, -0.15) is 0 Å². The van der Waals surface area contributed by atoms with E-state index >= 15 is 0 Å². The molecule has 1 heterocycles. The molecule has 0 bridgehead atoms. The Hall–Kier alpha value is -1.62. The van der Waals surface area contributed by atoms with E-state index in [1.165, 1.54) is 0 Å². The highest BCUT2D eigenvalue weighted by atomic mass is 32.1. The van der Waals surface area contributed by atoms with Crippen LogP contribution in [-0.2, 0) is 11.2 Å². The molecule has 0 spiro atoms. The van der Waals surface area contributed by atoms with Crippen molar-refractivity contribution in [3.63, 3.8) is 0 Å². The Morgan fingerprint density at radius 3 is 3.00 bits per heavy atom. The van der Waals surface area contributed by atoms with Gasteiger partial charge < -0.3 is 15.4 Å². The normalized spacial score (nSPS) is 17.2. The second-order valence-electron chi connectivity index (χ2n) is 4.80. The van der Waals surface area contributed by atoms with Crippen LogP contribution >= 0.6 is 12.2 Å². The van der Waals surface area contributed by atoms with Crippen molar-refractivity contribution in [1.29, 1.82) is 0 Å². The minimum absolute atomic E-state index is 0.0887. The number of nitrogens with zero attached hydrogens (tertiary/aromatic N) is 1. The topological polar surface area (TPSA) is 55.6 Å². The standard InChI is InChI=1S/C14H18N2O2S/c1-16(7-6-13(15)19)14(17)11-8-10-4-2-3-5-12(10)18-9-11/h2-5,11H,6-9H2,1H3,(H2,15,19). The lowest BCUT2D eigenvalue weighted by Gasteiger charge is -2.28. The molecule has 19 heavy (non-hydrogen) atoms. The third-order valence-electron chi connectivity index (χ3n) is 3.30. The average molecular weight is 278 g/mol. The molecule has 102 valence electrons. The molecule has 1 atom stereocenters. The third-order valence-corrected chi connectivity index (χ3v) is 3.50. The molecule has 4 nitrogen and oxygen atoms in total. The van der Waals surface area contributed by atoms with E-state index in [0.717, 1.165) is 17.7 Å². The van der Waals surface area contributed by atoms with E-state index in [1.807, 2.05) is 24.3 Å². The summed E-state index contributed by atoms with van der Waals surface area (Å²) in [6, 6.07) is 7.84. The summed E-state index contributed by atoms with van der Waals surface area (Å²) in [5, 5.41) is 0. The molecule has 5 heteroatoms. The van der Waals surface area contributed by atoms with Gasteiger partial charge in [-0.3, -0.25) is 4.79 Å². The van der Waals surface area contributed by atoms with E-state index in [0.29, 0.717) is 24.6 Å². The molecule has 1 unspecified atom stereocenters. The van der Waals surface area contributed by atoms with Gasteiger partial charge in [0.05, 0.1) is 10.9 Å². The SMILES string of the molecule is CN(CCC(N)=S)C(=O)C1COc2ccccc2C1. The van der Waals surface area contributed by atoms with Crippen LogP contribution in [0.5, 0.6) is 5.75 Å². The summed E-state index contributed by atoms with van der Waals surface area (Å²) in [5.41, 5.74) is 6.54. The Morgan fingerprint density at radius 2 is 2.26 bits per heavy atom. The molecule has 0 fully saturated rings. The van der Waals surface area contributed by atoms with Crippen molar-refractivity contribution in [3.05, 3.63) is 29.8 Å². The molecule has 0 radical (unpaired) electrons. The van der Waals surface area contributed by atoms with Gasteiger partial charge in [0, 0.05) is 20.0 Å². The van der Waals surface area contributed by atoms with E-state index in [4.69, 9.17) is 22.7 Å². The molecule has 0 saturated heterocycles. The van der Waals surface area contributed by atoms with Gasteiger partial charge in [0.15, 0.2) is 0 Å². The van der Waals surface area contributed by atoms with E-state index in [9.17, 15) is 4.79 Å². The first-order valence-corrected chi connectivity index (χ1v) is 6.72. The van der Waals surface area contributed by atoms with E-state index in [2.05, 4.69) is 0 Å². The molecule has 0 aromatic heterocycles. The lowest BCUT2D eigenvalue weighted by Crippen LogP contribution is -2.39. The van der Waals surface area contributed by atoms with Crippen molar-refractivity contribution < 1.29 is 9.53 Å². The maximum absolute atomic E-state index is 12.3. The first-order chi connectivity index (χ1) is 9.08. The number of hydrogen-bond donors (Lipinski definition) is 1. The fraction of sp³-hybridized carbons (Fsp3) is 0.429. The van der Waals surface area contributed by atoms with Crippen LogP contribution in [0.2, 0.25) is 0 Å². The van der Waals surface area contributed by atoms with Crippen LogP contribution in [0.4, 0.5) is 0 Å². The summed E-state index contributed by atoms with van der Waals surface area (Å²) < 4.78 is 5.63. The molecular formula is C14H18N2O2S. The van der Waals surface area contributed by atoms with Crippen LogP contribution in [-0.4, -0.2) is 36.0 Å². The summed E-state index contributed by atoms with van der Waals surface area (Å²) in [7, 11) is 1.78. The predicted octanol–water partition coefficient (Wildman–Crippen LogP) is 1.37. The van der Waals surface area contributed by atoms with Crippen LogP contribution in [0.1, 0.15) is 12.0 Å². The van der Waals surface area contributed by atoms with E-state index in [1.54, 1.807) is 11.9 Å². The highest BCUT2D eigenvalue weighted by molar-refractivity contribution is 7.80. The maximum Gasteiger partial charge on any atom is 0.229 e. The third kappa shape index (κ3) is 3.44. The highest BCUT2D eigenvalue weighted by Crippen LogP contribution is 2.27. The van der Waals surface area contributed by atoms with Gasteiger partial charge in [-0.15, -0.1) is 0 Å². The summed E-state index contributed by atoms with van der Waals surface area (Å²) in [4.78, 5) is 14.4. The van der Waals surface area contributed by atoms with Crippen molar-refractivity contribution >= 4 is 23.1 Å². The largest absolute Gasteiger partial charge is 0.492 e. The number of amides is 1. The molecule has 0 saturated carbocycles. The zero-order valence-corrected chi connectivity index (χ0v) is 11.8. The van der Waals surface area contributed by atoms with Crippen molar-refractivity contribution in [3.8, 4) is 5.75 Å². The summed E-state index contributed by atoms with van der Waals surface area (Å²) in [6.07, 6.45) is 1.29. The van der Waals surface area contributed by atoms with Crippen molar-refractivity contribution in [2.75, 3.05) is 20.2 Å². The molecule has 1 aromatic rings.